The molecule has 1 heterocycles. The molecule has 1 saturated carbocycles. The van der Waals surface area contributed by atoms with Crippen LogP contribution >= 0.6 is 11.3 Å². The first-order valence-corrected chi connectivity index (χ1v) is 9.71. The smallest absolute Gasteiger partial charge is 0.274 e. The molecule has 28 heavy (non-hydrogen) atoms. The third kappa shape index (κ3) is 3.67. The first-order valence-electron chi connectivity index (χ1n) is 8.83. The number of anilines is 2. The number of carbonyl (C=O) groups excluding carboxylic acids is 1. The Balaban J connectivity index is 1.57. The number of benzene rings is 2. The molecule has 0 spiro atoms. The molecule has 0 bridgehead atoms. The lowest BCUT2D eigenvalue weighted by atomic mass is 10.1. The van der Waals surface area contributed by atoms with Crippen molar-refractivity contribution in [1.29, 1.82) is 0 Å². The summed E-state index contributed by atoms with van der Waals surface area (Å²) in [6.07, 6.45) is -3.73. The van der Waals surface area contributed by atoms with Gasteiger partial charge in [0, 0.05) is 11.3 Å². The topological polar surface area (TPSA) is 33.2 Å². The number of halogens is 3. The third-order valence-electron chi connectivity index (χ3n) is 4.81. The first kappa shape index (κ1) is 18.7. The van der Waals surface area contributed by atoms with Crippen molar-refractivity contribution in [3.63, 3.8) is 0 Å². The number of para-hydroxylation sites is 1. The quantitative estimate of drug-likeness (QED) is 0.541. The molecule has 1 aromatic heterocycles. The number of nitrogens with zero attached hydrogens (tertiary/aromatic N) is 2. The summed E-state index contributed by atoms with van der Waals surface area (Å²) < 4.78 is 38.3. The fourth-order valence-corrected chi connectivity index (χ4v) is 4.10. The fourth-order valence-electron chi connectivity index (χ4n) is 3.27. The third-order valence-corrected chi connectivity index (χ3v) is 5.75. The maximum absolute atomic E-state index is 13.2. The number of hydrogen-bond acceptors (Lipinski definition) is 3. The van der Waals surface area contributed by atoms with E-state index in [1.165, 1.54) is 23.5 Å². The summed E-state index contributed by atoms with van der Waals surface area (Å²) in [4.78, 5) is 19.3. The molecule has 1 fully saturated rings. The number of aromatic nitrogens is 1. The van der Waals surface area contributed by atoms with Crippen molar-refractivity contribution in [2.24, 2.45) is 5.92 Å². The summed E-state index contributed by atoms with van der Waals surface area (Å²) >= 11 is 1.40. The van der Waals surface area contributed by atoms with E-state index in [1.807, 2.05) is 42.6 Å². The van der Waals surface area contributed by atoms with Crippen molar-refractivity contribution in [1.82, 2.24) is 4.98 Å². The molecule has 1 amide bonds. The van der Waals surface area contributed by atoms with Crippen molar-refractivity contribution >= 4 is 28.1 Å². The minimum Gasteiger partial charge on any atom is -0.274 e. The van der Waals surface area contributed by atoms with Crippen LogP contribution in [0.4, 0.5) is 24.0 Å². The highest BCUT2D eigenvalue weighted by molar-refractivity contribution is 7.14. The van der Waals surface area contributed by atoms with Crippen LogP contribution in [0.2, 0.25) is 0 Å². The molecule has 0 aliphatic heterocycles. The predicted octanol–water partition coefficient (Wildman–Crippen LogP) is 5.94. The number of thiazole rings is 1. The summed E-state index contributed by atoms with van der Waals surface area (Å²) in [5, 5.41) is 2.49. The molecule has 7 heteroatoms. The van der Waals surface area contributed by atoms with Gasteiger partial charge in [-0.15, -0.1) is 11.3 Å². The molecule has 1 aliphatic rings. The van der Waals surface area contributed by atoms with E-state index in [2.05, 4.69) is 4.98 Å². The molecule has 3 nitrogen and oxygen atoms in total. The average molecular weight is 402 g/mol. The van der Waals surface area contributed by atoms with Crippen LogP contribution in [0.1, 0.15) is 29.2 Å². The first-order chi connectivity index (χ1) is 13.3. The van der Waals surface area contributed by atoms with Crippen molar-refractivity contribution in [2.75, 3.05) is 4.90 Å². The van der Waals surface area contributed by atoms with Crippen LogP contribution in [-0.4, -0.2) is 10.9 Å². The highest BCUT2D eigenvalue weighted by Crippen LogP contribution is 2.50. The van der Waals surface area contributed by atoms with Gasteiger partial charge in [0.1, 0.15) is 0 Å². The molecule has 2 aromatic carbocycles. The van der Waals surface area contributed by atoms with Gasteiger partial charge < -0.3 is 0 Å². The van der Waals surface area contributed by atoms with Crippen molar-refractivity contribution < 1.29 is 18.0 Å². The van der Waals surface area contributed by atoms with E-state index in [-0.39, 0.29) is 17.7 Å². The van der Waals surface area contributed by atoms with Crippen LogP contribution in [0.5, 0.6) is 0 Å². The zero-order chi connectivity index (χ0) is 19.9. The zero-order valence-corrected chi connectivity index (χ0v) is 15.8. The van der Waals surface area contributed by atoms with Crippen LogP contribution < -0.4 is 4.90 Å². The lowest BCUT2D eigenvalue weighted by molar-refractivity contribution is -0.137. The van der Waals surface area contributed by atoms with Crippen molar-refractivity contribution in [2.45, 2.75) is 25.4 Å². The molecule has 4 rings (SSSR count). The lowest BCUT2D eigenvalue weighted by Crippen LogP contribution is -2.27. The van der Waals surface area contributed by atoms with E-state index in [0.717, 1.165) is 29.1 Å². The highest BCUT2D eigenvalue weighted by atomic mass is 32.1. The van der Waals surface area contributed by atoms with Gasteiger partial charge in [-0.05, 0) is 49.1 Å². The number of aryl methyl sites for hydroxylation is 1. The Bertz CT molecular complexity index is 983. The Kier molecular flexibility index (Phi) is 4.71. The van der Waals surface area contributed by atoms with Gasteiger partial charge in [-0.2, -0.15) is 13.2 Å². The van der Waals surface area contributed by atoms with Gasteiger partial charge >= 0.3 is 6.18 Å². The van der Waals surface area contributed by atoms with Gasteiger partial charge in [-0.1, -0.05) is 30.3 Å². The molecule has 144 valence electrons. The molecule has 0 N–H and O–H groups in total. The van der Waals surface area contributed by atoms with Gasteiger partial charge in [0.25, 0.3) is 0 Å². The zero-order valence-electron chi connectivity index (χ0n) is 15.0. The van der Waals surface area contributed by atoms with Gasteiger partial charge in [-0.25, -0.2) is 4.98 Å². The molecule has 0 radical (unpaired) electrons. The van der Waals surface area contributed by atoms with Crippen LogP contribution in [0.15, 0.2) is 60.0 Å². The summed E-state index contributed by atoms with van der Waals surface area (Å²) in [7, 11) is 0. The van der Waals surface area contributed by atoms with E-state index in [0.29, 0.717) is 11.6 Å². The Morgan fingerprint density at radius 2 is 1.79 bits per heavy atom. The van der Waals surface area contributed by atoms with Crippen molar-refractivity contribution in [3.8, 4) is 0 Å². The average Bonchev–Trinajstić information content (AvgIpc) is 3.37. The highest BCUT2D eigenvalue weighted by Gasteiger charge is 2.47. The normalized spacial score (nSPS) is 18.7. The van der Waals surface area contributed by atoms with Gasteiger partial charge in [0.2, 0.25) is 5.91 Å². The predicted molar refractivity (Wildman–Crippen MR) is 103 cm³/mol. The Morgan fingerprint density at radius 1 is 1.11 bits per heavy atom. The number of rotatable bonds is 4. The second-order valence-electron chi connectivity index (χ2n) is 6.85. The molecular formula is C21H17F3N2OS. The van der Waals surface area contributed by atoms with Crippen LogP contribution in [0.25, 0.3) is 0 Å². The minimum absolute atomic E-state index is 0.0675. The standard InChI is InChI=1S/C21H17F3N2OS/c1-13-12-28-20(25-13)26(16-5-3-2-4-6-16)19(27)18-11-17(18)14-7-9-15(10-8-14)21(22,23)24/h2-10,12,17-18H,11H2,1H3. The number of alkyl halides is 3. The number of hydrogen-bond donors (Lipinski definition) is 0. The van der Waals surface area contributed by atoms with E-state index >= 15 is 0 Å². The molecule has 3 aromatic rings. The molecule has 0 saturated heterocycles. The van der Waals surface area contributed by atoms with Crippen LogP contribution in [-0.2, 0) is 11.0 Å². The minimum atomic E-state index is -4.36. The monoisotopic (exact) mass is 402 g/mol. The lowest BCUT2D eigenvalue weighted by Gasteiger charge is -2.20. The summed E-state index contributed by atoms with van der Waals surface area (Å²) in [5.74, 6) is -0.409. The SMILES string of the molecule is Cc1csc(N(C(=O)C2CC2c2ccc(C(F)(F)F)cc2)c2ccccc2)n1. The van der Waals surface area contributed by atoms with E-state index in [4.69, 9.17) is 0 Å². The molecule has 2 unspecified atom stereocenters. The van der Waals surface area contributed by atoms with Crippen LogP contribution in [0, 0.1) is 12.8 Å². The van der Waals surface area contributed by atoms with Gasteiger partial charge in [0.05, 0.1) is 16.9 Å². The van der Waals surface area contributed by atoms with Gasteiger partial charge in [0.15, 0.2) is 5.13 Å². The van der Waals surface area contributed by atoms with E-state index in [1.54, 1.807) is 4.90 Å². The maximum atomic E-state index is 13.2. The fraction of sp³-hybridized carbons (Fsp3) is 0.238. The second kappa shape index (κ2) is 7.05. The summed E-state index contributed by atoms with van der Waals surface area (Å²) in [5.41, 5.74) is 1.65. The maximum Gasteiger partial charge on any atom is 0.416 e. The number of carbonyl (C=O) groups is 1. The largest absolute Gasteiger partial charge is 0.416 e. The molecule has 1 aliphatic carbocycles. The van der Waals surface area contributed by atoms with E-state index < -0.39 is 11.7 Å². The van der Waals surface area contributed by atoms with Gasteiger partial charge in [-0.3, -0.25) is 9.69 Å². The Morgan fingerprint density at radius 3 is 2.36 bits per heavy atom. The number of amides is 1. The van der Waals surface area contributed by atoms with Crippen LogP contribution in [0.3, 0.4) is 0 Å². The molecule has 2 atom stereocenters. The Labute approximate surface area is 164 Å². The van der Waals surface area contributed by atoms with E-state index in [9.17, 15) is 18.0 Å². The second-order valence-corrected chi connectivity index (χ2v) is 7.69. The summed E-state index contributed by atoms with van der Waals surface area (Å²) in [6, 6.07) is 14.4. The summed E-state index contributed by atoms with van der Waals surface area (Å²) in [6.45, 7) is 1.87. The Hall–Kier alpha value is -2.67. The van der Waals surface area contributed by atoms with Crippen molar-refractivity contribution in [3.05, 3.63) is 76.8 Å². The molecular weight excluding hydrogens is 385 g/mol.